The van der Waals surface area contributed by atoms with E-state index in [1.165, 1.54) is 4.90 Å². The van der Waals surface area contributed by atoms with Crippen molar-refractivity contribution in [1.29, 1.82) is 0 Å². The van der Waals surface area contributed by atoms with Crippen LogP contribution in [0.15, 0.2) is 0 Å². The molecule has 0 amide bonds. The molecule has 0 saturated heterocycles. The van der Waals surface area contributed by atoms with Gasteiger partial charge in [0.05, 0.1) is 6.54 Å². The van der Waals surface area contributed by atoms with E-state index in [-0.39, 0.29) is 0 Å². The van der Waals surface area contributed by atoms with Crippen LogP contribution in [0.1, 0.15) is 19.8 Å². The van der Waals surface area contributed by atoms with Gasteiger partial charge in [0, 0.05) is 6.54 Å². The topological polar surface area (TPSA) is 40.5 Å². The standard InChI is InChI=1S/C9H15F2NO2/c1-2-12(5-7-3-4-7)6-9(10,11)8(13)14/h7H,2-6H2,1H3,(H,13,14). The molecule has 0 unspecified atom stereocenters. The maximum atomic E-state index is 12.8. The Labute approximate surface area is 81.7 Å². The number of alkyl halides is 2. The third-order valence-electron chi connectivity index (χ3n) is 2.40. The van der Waals surface area contributed by atoms with Gasteiger partial charge in [-0.2, -0.15) is 8.78 Å². The zero-order valence-corrected chi connectivity index (χ0v) is 8.17. The molecule has 1 aliphatic rings. The van der Waals surface area contributed by atoms with Gasteiger partial charge in [0.2, 0.25) is 0 Å². The predicted octanol–water partition coefficient (Wildman–Crippen LogP) is 1.44. The highest BCUT2D eigenvalue weighted by Crippen LogP contribution is 2.30. The molecule has 0 aliphatic heterocycles. The smallest absolute Gasteiger partial charge is 0.375 e. The van der Waals surface area contributed by atoms with Crippen LogP contribution in [-0.4, -0.2) is 41.5 Å². The fourth-order valence-electron chi connectivity index (χ4n) is 1.32. The lowest BCUT2D eigenvalue weighted by Crippen LogP contribution is -2.43. The van der Waals surface area contributed by atoms with Crippen molar-refractivity contribution < 1.29 is 18.7 Å². The van der Waals surface area contributed by atoms with E-state index in [1.54, 1.807) is 6.92 Å². The highest BCUT2D eigenvalue weighted by molar-refractivity contribution is 5.75. The van der Waals surface area contributed by atoms with Gasteiger partial charge >= 0.3 is 11.9 Å². The van der Waals surface area contributed by atoms with E-state index < -0.39 is 18.4 Å². The maximum Gasteiger partial charge on any atom is 0.375 e. The second kappa shape index (κ2) is 4.21. The van der Waals surface area contributed by atoms with Gasteiger partial charge < -0.3 is 5.11 Å². The molecule has 0 atom stereocenters. The summed E-state index contributed by atoms with van der Waals surface area (Å²) < 4.78 is 25.6. The molecule has 1 fully saturated rings. The van der Waals surface area contributed by atoms with E-state index in [4.69, 9.17) is 5.11 Å². The molecule has 0 aromatic carbocycles. The molecule has 0 aromatic heterocycles. The van der Waals surface area contributed by atoms with Gasteiger partial charge in [-0.3, -0.25) is 4.90 Å². The third-order valence-corrected chi connectivity index (χ3v) is 2.40. The van der Waals surface area contributed by atoms with Crippen LogP contribution in [0.3, 0.4) is 0 Å². The second-order valence-corrected chi connectivity index (χ2v) is 3.78. The number of carbonyl (C=O) groups is 1. The first kappa shape index (κ1) is 11.4. The van der Waals surface area contributed by atoms with Crippen molar-refractivity contribution >= 4 is 5.97 Å². The first-order chi connectivity index (χ1) is 6.45. The van der Waals surface area contributed by atoms with Gasteiger partial charge in [-0.05, 0) is 25.3 Å². The van der Waals surface area contributed by atoms with E-state index in [2.05, 4.69) is 0 Å². The average Bonchev–Trinajstić information content (AvgIpc) is 2.86. The minimum Gasteiger partial charge on any atom is -0.477 e. The number of nitrogens with zero attached hydrogens (tertiary/aromatic N) is 1. The molecule has 82 valence electrons. The maximum absolute atomic E-state index is 12.8. The Kier molecular flexibility index (Phi) is 3.42. The van der Waals surface area contributed by atoms with Crippen LogP contribution in [0, 0.1) is 5.92 Å². The summed E-state index contributed by atoms with van der Waals surface area (Å²) in [7, 11) is 0. The van der Waals surface area contributed by atoms with E-state index in [9.17, 15) is 13.6 Å². The van der Waals surface area contributed by atoms with Crippen molar-refractivity contribution in [3.63, 3.8) is 0 Å². The molecule has 1 aliphatic carbocycles. The van der Waals surface area contributed by atoms with Crippen molar-refractivity contribution in [3.8, 4) is 0 Å². The Morgan fingerprint density at radius 2 is 2.14 bits per heavy atom. The molecule has 14 heavy (non-hydrogen) atoms. The van der Waals surface area contributed by atoms with Crippen molar-refractivity contribution in [2.75, 3.05) is 19.6 Å². The minimum absolute atomic E-state index is 0.472. The summed E-state index contributed by atoms with van der Waals surface area (Å²) in [6.07, 6.45) is 2.16. The minimum atomic E-state index is -3.62. The average molecular weight is 207 g/mol. The third kappa shape index (κ3) is 3.21. The Bertz CT molecular complexity index is 217. The lowest BCUT2D eigenvalue weighted by atomic mass is 10.3. The summed E-state index contributed by atoms with van der Waals surface area (Å²) >= 11 is 0. The number of hydrogen-bond donors (Lipinski definition) is 1. The first-order valence-electron chi connectivity index (χ1n) is 4.79. The number of rotatable bonds is 6. The molecule has 0 bridgehead atoms. The van der Waals surface area contributed by atoms with Crippen molar-refractivity contribution in [2.24, 2.45) is 5.92 Å². The lowest BCUT2D eigenvalue weighted by Gasteiger charge is -2.23. The summed E-state index contributed by atoms with van der Waals surface area (Å²) in [5, 5.41) is 8.26. The molecule has 0 aromatic rings. The van der Waals surface area contributed by atoms with Gasteiger partial charge in [-0.25, -0.2) is 4.79 Å². The summed E-state index contributed by atoms with van der Waals surface area (Å²) in [5.74, 6) is -5.16. The Morgan fingerprint density at radius 1 is 1.57 bits per heavy atom. The largest absolute Gasteiger partial charge is 0.477 e. The molecule has 1 rings (SSSR count). The van der Waals surface area contributed by atoms with Gasteiger partial charge in [-0.1, -0.05) is 6.92 Å². The Morgan fingerprint density at radius 3 is 2.50 bits per heavy atom. The molecule has 1 N–H and O–H groups in total. The van der Waals surface area contributed by atoms with Crippen LogP contribution >= 0.6 is 0 Å². The van der Waals surface area contributed by atoms with Crippen LogP contribution < -0.4 is 0 Å². The number of aliphatic carboxylic acids is 1. The lowest BCUT2D eigenvalue weighted by molar-refractivity contribution is -0.167. The van der Waals surface area contributed by atoms with Gasteiger partial charge in [0.15, 0.2) is 0 Å². The molecule has 0 radical (unpaired) electrons. The van der Waals surface area contributed by atoms with Crippen LogP contribution in [0.4, 0.5) is 8.78 Å². The van der Waals surface area contributed by atoms with Crippen molar-refractivity contribution in [3.05, 3.63) is 0 Å². The van der Waals surface area contributed by atoms with Crippen LogP contribution in [0.25, 0.3) is 0 Å². The van der Waals surface area contributed by atoms with Crippen molar-refractivity contribution in [2.45, 2.75) is 25.7 Å². The monoisotopic (exact) mass is 207 g/mol. The summed E-state index contributed by atoms with van der Waals surface area (Å²) in [6, 6.07) is 0. The molecule has 5 heteroatoms. The number of carboxylic acids is 1. The van der Waals surface area contributed by atoms with E-state index in [0.29, 0.717) is 19.0 Å². The van der Waals surface area contributed by atoms with Gasteiger partial charge in [-0.15, -0.1) is 0 Å². The molecule has 3 nitrogen and oxygen atoms in total. The zero-order valence-electron chi connectivity index (χ0n) is 8.17. The van der Waals surface area contributed by atoms with Crippen LogP contribution in [-0.2, 0) is 4.79 Å². The Hall–Kier alpha value is -0.710. The highest BCUT2D eigenvalue weighted by Gasteiger charge is 2.41. The fraction of sp³-hybridized carbons (Fsp3) is 0.889. The highest BCUT2D eigenvalue weighted by atomic mass is 19.3. The first-order valence-corrected chi connectivity index (χ1v) is 4.79. The van der Waals surface area contributed by atoms with Crippen LogP contribution in [0.2, 0.25) is 0 Å². The quantitative estimate of drug-likeness (QED) is 0.716. The summed E-state index contributed by atoms with van der Waals surface area (Å²) in [5.41, 5.74) is 0. The van der Waals surface area contributed by atoms with Crippen molar-refractivity contribution in [1.82, 2.24) is 4.90 Å². The molecular weight excluding hydrogens is 192 g/mol. The molecule has 0 heterocycles. The summed E-state index contributed by atoms with van der Waals surface area (Å²) in [6.45, 7) is 2.16. The van der Waals surface area contributed by atoms with Crippen LogP contribution in [0.5, 0.6) is 0 Å². The SMILES string of the molecule is CCN(CC1CC1)CC(F)(F)C(=O)O. The van der Waals surface area contributed by atoms with E-state index >= 15 is 0 Å². The Balaban J connectivity index is 2.41. The molecular formula is C9H15F2NO2. The van der Waals surface area contributed by atoms with E-state index in [1.807, 2.05) is 0 Å². The predicted molar refractivity (Wildman–Crippen MR) is 47.4 cm³/mol. The second-order valence-electron chi connectivity index (χ2n) is 3.78. The number of hydrogen-bond acceptors (Lipinski definition) is 2. The number of halogens is 2. The number of carboxylic acid groups (broad SMARTS) is 1. The fourth-order valence-corrected chi connectivity index (χ4v) is 1.32. The summed E-state index contributed by atoms with van der Waals surface area (Å²) in [4.78, 5) is 11.7. The molecule has 0 spiro atoms. The molecule has 1 saturated carbocycles. The zero-order chi connectivity index (χ0) is 10.8. The van der Waals surface area contributed by atoms with Gasteiger partial charge in [0.1, 0.15) is 0 Å². The normalized spacial score (nSPS) is 17.4. The van der Waals surface area contributed by atoms with Gasteiger partial charge in [0.25, 0.3) is 0 Å². The van der Waals surface area contributed by atoms with E-state index in [0.717, 1.165) is 12.8 Å².